The molecule has 2 aromatic rings. The van der Waals surface area contributed by atoms with E-state index in [-0.39, 0.29) is 23.9 Å². The zero-order chi connectivity index (χ0) is 18.7. The summed E-state index contributed by atoms with van der Waals surface area (Å²) in [7, 11) is 0. The number of esters is 1. The molecule has 4 nitrogen and oxygen atoms in total. The summed E-state index contributed by atoms with van der Waals surface area (Å²) in [5, 5.41) is 0. The highest BCUT2D eigenvalue weighted by Crippen LogP contribution is 2.23. The summed E-state index contributed by atoms with van der Waals surface area (Å²) >= 11 is 0. The van der Waals surface area contributed by atoms with Crippen molar-refractivity contribution in [2.45, 2.75) is 45.6 Å². The molecule has 2 aromatic carbocycles. The second-order valence-corrected chi connectivity index (χ2v) is 7.72. The summed E-state index contributed by atoms with van der Waals surface area (Å²) in [4.78, 5) is 25.8. The number of ether oxygens (including phenoxy) is 1. The fourth-order valence-corrected chi connectivity index (χ4v) is 3.03. The lowest BCUT2D eigenvalue weighted by atomic mass is 9.87. The van der Waals surface area contributed by atoms with Crippen LogP contribution in [0.5, 0.6) is 0 Å². The Balaban J connectivity index is 1.59. The Hall–Kier alpha value is -2.62. The number of anilines is 1. The van der Waals surface area contributed by atoms with E-state index in [1.807, 2.05) is 12.1 Å². The van der Waals surface area contributed by atoms with Crippen LogP contribution in [0.1, 0.15) is 55.1 Å². The van der Waals surface area contributed by atoms with Gasteiger partial charge in [-0.15, -0.1) is 0 Å². The van der Waals surface area contributed by atoms with Gasteiger partial charge >= 0.3 is 5.97 Å². The van der Waals surface area contributed by atoms with Crippen LogP contribution in [0.15, 0.2) is 48.5 Å². The minimum Gasteiger partial charge on any atom is -0.457 e. The number of rotatable bonds is 4. The van der Waals surface area contributed by atoms with Crippen LogP contribution in [0.4, 0.5) is 5.69 Å². The predicted octanol–water partition coefficient (Wildman–Crippen LogP) is 4.47. The summed E-state index contributed by atoms with van der Waals surface area (Å²) in [5.41, 5.74) is 3.65. The minimum atomic E-state index is -0.357. The van der Waals surface area contributed by atoms with Crippen molar-refractivity contribution in [3.05, 3.63) is 65.2 Å². The van der Waals surface area contributed by atoms with Crippen LogP contribution in [0.25, 0.3) is 0 Å². The molecule has 3 rings (SSSR count). The Morgan fingerprint density at radius 1 is 1.04 bits per heavy atom. The summed E-state index contributed by atoms with van der Waals surface area (Å²) in [6.07, 6.45) is 1.48. The van der Waals surface area contributed by atoms with Gasteiger partial charge < -0.3 is 9.64 Å². The maximum Gasteiger partial charge on any atom is 0.338 e. The second-order valence-electron chi connectivity index (χ2n) is 7.72. The molecule has 0 atom stereocenters. The van der Waals surface area contributed by atoms with Gasteiger partial charge in [0.15, 0.2) is 0 Å². The molecule has 0 saturated carbocycles. The standard InChI is InChI=1S/C22H25NO3/c1-22(2,3)18-10-6-16(7-11-18)15-26-21(25)17-8-12-19(13-9-17)23-14-4-5-20(23)24/h6-13H,4-5,14-15H2,1-3H3. The van der Waals surface area contributed by atoms with Crippen molar-refractivity contribution in [3.8, 4) is 0 Å². The molecule has 0 radical (unpaired) electrons. The number of amides is 1. The highest BCUT2D eigenvalue weighted by Gasteiger charge is 2.21. The van der Waals surface area contributed by atoms with Crippen LogP contribution in [-0.4, -0.2) is 18.4 Å². The molecule has 0 unspecified atom stereocenters. The third kappa shape index (κ3) is 4.13. The Bertz CT molecular complexity index is 786. The Labute approximate surface area is 154 Å². The molecule has 0 aliphatic carbocycles. The first-order valence-corrected chi connectivity index (χ1v) is 9.01. The Kier molecular flexibility index (Phi) is 5.12. The van der Waals surface area contributed by atoms with E-state index in [4.69, 9.17) is 4.74 Å². The zero-order valence-corrected chi connectivity index (χ0v) is 15.6. The summed E-state index contributed by atoms with van der Waals surface area (Å²) in [6, 6.07) is 15.2. The van der Waals surface area contributed by atoms with Crippen LogP contribution in [-0.2, 0) is 21.6 Å². The molecule has 1 fully saturated rings. The van der Waals surface area contributed by atoms with Crippen LogP contribution < -0.4 is 4.90 Å². The summed E-state index contributed by atoms with van der Waals surface area (Å²) in [6.45, 7) is 7.49. The molecule has 0 bridgehead atoms. The molecule has 4 heteroatoms. The van der Waals surface area contributed by atoms with Crippen LogP contribution >= 0.6 is 0 Å². The number of benzene rings is 2. The van der Waals surface area contributed by atoms with Crippen molar-refractivity contribution >= 4 is 17.6 Å². The lowest BCUT2D eigenvalue weighted by Crippen LogP contribution is -2.23. The molecule has 1 aliphatic rings. The highest BCUT2D eigenvalue weighted by atomic mass is 16.5. The molecule has 1 heterocycles. The fourth-order valence-electron chi connectivity index (χ4n) is 3.03. The van der Waals surface area contributed by atoms with E-state index < -0.39 is 0 Å². The number of carbonyl (C=O) groups excluding carboxylic acids is 2. The molecular formula is C22H25NO3. The van der Waals surface area contributed by atoms with Gasteiger partial charge in [-0.3, -0.25) is 4.79 Å². The highest BCUT2D eigenvalue weighted by molar-refractivity contribution is 5.96. The maximum atomic E-state index is 12.2. The minimum absolute atomic E-state index is 0.105. The van der Waals surface area contributed by atoms with Crippen LogP contribution in [0.3, 0.4) is 0 Å². The van der Waals surface area contributed by atoms with Crippen molar-refractivity contribution < 1.29 is 14.3 Å². The van der Waals surface area contributed by atoms with Crippen LogP contribution in [0, 0.1) is 0 Å². The maximum absolute atomic E-state index is 12.2. The number of hydrogen-bond acceptors (Lipinski definition) is 3. The van der Waals surface area contributed by atoms with E-state index in [0.29, 0.717) is 12.0 Å². The van der Waals surface area contributed by atoms with Crippen molar-refractivity contribution in [1.29, 1.82) is 0 Å². The van der Waals surface area contributed by atoms with Gasteiger partial charge in [-0.05, 0) is 47.2 Å². The van der Waals surface area contributed by atoms with Gasteiger partial charge in [0, 0.05) is 18.7 Å². The van der Waals surface area contributed by atoms with Gasteiger partial charge in [-0.25, -0.2) is 4.79 Å². The van der Waals surface area contributed by atoms with E-state index in [2.05, 4.69) is 32.9 Å². The average Bonchev–Trinajstić information content (AvgIpc) is 3.05. The molecule has 1 saturated heterocycles. The van der Waals surface area contributed by atoms with Crippen LogP contribution in [0.2, 0.25) is 0 Å². The molecular weight excluding hydrogens is 326 g/mol. The van der Waals surface area contributed by atoms with Gasteiger partial charge in [0.2, 0.25) is 5.91 Å². The summed E-state index contributed by atoms with van der Waals surface area (Å²) in [5.74, 6) is -0.219. The van der Waals surface area contributed by atoms with Gasteiger partial charge in [-0.1, -0.05) is 45.0 Å². The first-order valence-electron chi connectivity index (χ1n) is 9.01. The predicted molar refractivity (Wildman–Crippen MR) is 102 cm³/mol. The van der Waals surface area contributed by atoms with Gasteiger partial charge in [0.05, 0.1) is 5.56 Å². The largest absolute Gasteiger partial charge is 0.457 e. The van der Waals surface area contributed by atoms with Gasteiger partial charge in [0.25, 0.3) is 0 Å². The molecule has 1 amide bonds. The Morgan fingerprint density at radius 2 is 1.69 bits per heavy atom. The molecule has 0 N–H and O–H groups in total. The Morgan fingerprint density at radius 3 is 2.23 bits per heavy atom. The topological polar surface area (TPSA) is 46.6 Å². The fraction of sp³-hybridized carbons (Fsp3) is 0.364. The van der Waals surface area contributed by atoms with Gasteiger partial charge in [-0.2, -0.15) is 0 Å². The number of hydrogen-bond donors (Lipinski definition) is 0. The normalized spacial score (nSPS) is 14.6. The van der Waals surface area contributed by atoms with Crippen molar-refractivity contribution in [2.75, 3.05) is 11.4 Å². The van der Waals surface area contributed by atoms with Crippen molar-refractivity contribution in [1.82, 2.24) is 0 Å². The third-order valence-electron chi connectivity index (χ3n) is 4.68. The first kappa shape index (κ1) is 18.2. The average molecular weight is 351 g/mol. The zero-order valence-electron chi connectivity index (χ0n) is 15.6. The molecule has 0 aromatic heterocycles. The number of carbonyl (C=O) groups is 2. The van der Waals surface area contributed by atoms with E-state index in [0.717, 1.165) is 24.2 Å². The third-order valence-corrected chi connectivity index (χ3v) is 4.68. The number of nitrogens with zero attached hydrogens (tertiary/aromatic N) is 1. The monoisotopic (exact) mass is 351 g/mol. The molecule has 1 aliphatic heterocycles. The lowest BCUT2D eigenvalue weighted by molar-refractivity contribution is -0.117. The second kappa shape index (κ2) is 7.32. The van der Waals surface area contributed by atoms with Crippen molar-refractivity contribution in [2.24, 2.45) is 0 Å². The summed E-state index contributed by atoms with van der Waals surface area (Å²) < 4.78 is 5.41. The van der Waals surface area contributed by atoms with E-state index in [1.54, 1.807) is 29.2 Å². The SMILES string of the molecule is CC(C)(C)c1ccc(COC(=O)c2ccc(N3CCCC3=O)cc2)cc1. The van der Waals surface area contributed by atoms with Crippen molar-refractivity contribution in [3.63, 3.8) is 0 Å². The first-order chi connectivity index (χ1) is 12.3. The van der Waals surface area contributed by atoms with Gasteiger partial charge in [0.1, 0.15) is 6.61 Å². The van der Waals surface area contributed by atoms with E-state index in [9.17, 15) is 9.59 Å². The smallest absolute Gasteiger partial charge is 0.338 e. The van der Waals surface area contributed by atoms with E-state index in [1.165, 1.54) is 5.56 Å². The molecule has 0 spiro atoms. The molecule has 26 heavy (non-hydrogen) atoms. The van der Waals surface area contributed by atoms with E-state index >= 15 is 0 Å². The quantitative estimate of drug-likeness (QED) is 0.764. The molecule has 136 valence electrons. The lowest BCUT2D eigenvalue weighted by Gasteiger charge is -2.19.